The SMILES string of the molecule is N[C@@H](Cc1ccccc1)C(=O)NC1CCS(=O)CC1. The molecule has 19 heavy (non-hydrogen) atoms. The van der Waals surface area contributed by atoms with Crippen LogP contribution in [0.25, 0.3) is 0 Å². The van der Waals surface area contributed by atoms with E-state index in [2.05, 4.69) is 5.32 Å². The van der Waals surface area contributed by atoms with E-state index in [9.17, 15) is 9.00 Å². The maximum absolute atomic E-state index is 12.0. The second-order valence-corrected chi connectivity index (χ2v) is 6.62. The second-order valence-electron chi connectivity index (χ2n) is 4.93. The molecule has 1 aliphatic heterocycles. The van der Waals surface area contributed by atoms with Crippen LogP contribution in [-0.4, -0.2) is 33.7 Å². The first-order valence-electron chi connectivity index (χ1n) is 6.60. The third kappa shape index (κ3) is 4.44. The predicted octanol–water partition coefficient (Wildman–Crippen LogP) is 0.584. The number of rotatable bonds is 4. The highest BCUT2D eigenvalue weighted by molar-refractivity contribution is 7.85. The van der Waals surface area contributed by atoms with Gasteiger partial charge in [-0.1, -0.05) is 30.3 Å². The molecule has 4 nitrogen and oxygen atoms in total. The Hall–Kier alpha value is -1.20. The van der Waals surface area contributed by atoms with Crippen LogP contribution in [0, 0.1) is 0 Å². The maximum atomic E-state index is 12.0. The third-order valence-electron chi connectivity index (χ3n) is 3.37. The van der Waals surface area contributed by atoms with Gasteiger partial charge in [0.25, 0.3) is 0 Å². The highest BCUT2D eigenvalue weighted by atomic mass is 32.2. The van der Waals surface area contributed by atoms with Crippen LogP contribution in [0.2, 0.25) is 0 Å². The third-order valence-corrected chi connectivity index (χ3v) is 4.75. The second kappa shape index (κ2) is 6.82. The minimum absolute atomic E-state index is 0.110. The lowest BCUT2D eigenvalue weighted by Crippen LogP contribution is -2.48. The Bertz CT molecular complexity index is 440. The van der Waals surface area contributed by atoms with Crippen LogP contribution >= 0.6 is 0 Å². The van der Waals surface area contributed by atoms with E-state index in [0.29, 0.717) is 17.9 Å². The van der Waals surface area contributed by atoms with Crippen LogP contribution in [0.1, 0.15) is 18.4 Å². The van der Waals surface area contributed by atoms with Crippen molar-refractivity contribution in [2.45, 2.75) is 31.3 Å². The van der Waals surface area contributed by atoms with Gasteiger partial charge in [0.1, 0.15) is 0 Å². The molecule has 1 fully saturated rings. The highest BCUT2D eigenvalue weighted by Gasteiger charge is 2.22. The summed E-state index contributed by atoms with van der Waals surface area (Å²) in [5, 5.41) is 2.96. The fraction of sp³-hybridized carbons (Fsp3) is 0.500. The first-order chi connectivity index (χ1) is 9.15. The molecule has 104 valence electrons. The van der Waals surface area contributed by atoms with Gasteiger partial charge in [-0.25, -0.2) is 0 Å². The minimum atomic E-state index is -0.700. The average molecular weight is 280 g/mol. The van der Waals surface area contributed by atoms with E-state index in [-0.39, 0.29) is 11.9 Å². The molecule has 0 radical (unpaired) electrons. The summed E-state index contributed by atoms with van der Waals surface area (Å²) >= 11 is 0. The standard InChI is InChI=1S/C14H20N2O2S/c15-13(10-11-4-2-1-3-5-11)14(17)16-12-6-8-19(18)9-7-12/h1-5,12-13H,6-10,15H2,(H,16,17)/t12?,13-,19?/m0/s1. The Morgan fingerprint density at radius 2 is 1.95 bits per heavy atom. The van der Waals surface area contributed by atoms with Crippen molar-refractivity contribution < 1.29 is 9.00 Å². The topological polar surface area (TPSA) is 72.2 Å². The molecule has 0 aromatic heterocycles. The van der Waals surface area contributed by atoms with Crippen LogP contribution in [0.5, 0.6) is 0 Å². The molecule has 0 unspecified atom stereocenters. The fourth-order valence-corrected chi connectivity index (χ4v) is 3.51. The Kier molecular flexibility index (Phi) is 5.10. The molecule has 2 rings (SSSR count). The van der Waals surface area contributed by atoms with Gasteiger partial charge >= 0.3 is 0 Å². The summed E-state index contributed by atoms with van der Waals surface area (Å²) < 4.78 is 11.2. The maximum Gasteiger partial charge on any atom is 0.237 e. The zero-order chi connectivity index (χ0) is 13.7. The molecule has 1 atom stereocenters. The molecular weight excluding hydrogens is 260 g/mol. The molecule has 0 bridgehead atoms. The molecule has 1 saturated heterocycles. The number of carbonyl (C=O) groups excluding carboxylic acids is 1. The molecular formula is C14H20N2O2S. The lowest BCUT2D eigenvalue weighted by Gasteiger charge is -2.24. The number of benzene rings is 1. The molecule has 1 aromatic carbocycles. The van der Waals surface area contributed by atoms with Crippen molar-refractivity contribution in [3.63, 3.8) is 0 Å². The normalized spacial score (nSPS) is 24.7. The van der Waals surface area contributed by atoms with Crippen LogP contribution in [0.15, 0.2) is 30.3 Å². The van der Waals surface area contributed by atoms with Crippen molar-refractivity contribution in [3.8, 4) is 0 Å². The van der Waals surface area contributed by atoms with Crippen molar-refractivity contribution in [2.24, 2.45) is 5.73 Å². The van der Waals surface area contributed by atoms with Crippen molar-refractivity contribution in [1.82, 2.24) is 5.32 Å². The first kappa shape index (κ1) is 14.2. The van der Waals surface area contributed by atoms with Gasteiger partial charge in [-0.2, -0.15) is 0 Å². The van der Waals surface area contributed by atoms with Gasteiger partial charge in [-0.05, 0) is 24.8 Å². The average Bonchev–Trinajstić information content (AvgIpc) is 2.42. The Labute approximate surface area is 116 Å². The smallest absolute Gasteiger partial charge is 0.237 e. The summed E-state index contributed by atoms with van der Waals surface area (Å²) in [6.07, 6.45) is 2.12. The molecule has 1 aliphatic rings. The van der Waals surface area contributed by atoms with Crippen LogP contribution in [0.3, 0.4) is 0 Å². The summed E-state index contributed by atoms with van der Waals surface area (Å²) in [6.45, 7) is 0. The molecule has 1 heterocycles. The number of nitrogens with one attached hydrogen (secondary N) is 1. The van der Waals surface area contributed by atoms with E-state index in [4.69, 9.17) is 5.73 Å². The molecule has 1 amide bonds. The van der Waals surface area contributed by atoms with Crippen LogP contribution < -0.4 is 11.1 Å². The van der Waals surface area contributed by atoms with Crippen molar-refractivity contribution in [2.75, 3.05) is 11.5 Å². The van der Waals surface area contributed by atoms with Gasteiger partial charge in [0, 0.05) is 28.3 Å². The van der Waals surface area contributed by atoms with E-state index in [1.54, 1.807) is 0 Å². The van der Waals surface area contributed by atoms with E-state index >= 15 is 0 Å². The number of amides is 1. The van der Waals surface area contributed by atoms with Gasteiger partial charge in [0.2, 0.25) is 5.91 Å². The number of carbonyl (C=O) groups is 1. The number of hydrogen-bond donors (Lipinski definition) is 2. The Balaban J connectivity index is 1.81. The van der Waals surface area contributed by atoms with E-state index in [1.165, 1.54) is 0 Å². The molecule has 0 aliphatic carbocycles. The summed E-state index contributed by atoms with van der Waals surface area (Å²) in [7, 11) is -0.700. The molecule has 1 aromatic rings. The van der Waals surface area contributed by atoms with Crippen LogP contribution in [-0.2, 0) is 22.0 Å². The van der Waals surface area contributed by atoms with E-state index in [0.717, 1.165) is 18.4 Å². The van der Waals surface area contributed by atoms with Crippen molar-refractivity contribution >= 4 is 16.7 Å². The molecule has 0 spiro atoms. The van der Waals surface area contributed by atoms with Gasteiger partial charge in [-0.15, -0.1) is 0 Å². The van der Waals surface area contributed by atoms with Crippen molar-refractivity contribution in [3.05, 3.63) is 35.9 Å². The van der Waals surface area contributed by atoms with Gasteiger partial charge < -0.3 is 11.1 Å². The summed E-state index contributed by atoms with van der Waals surface area (Å²) in [6, 6.07) is 9.37. The lowest BCUT2D eigenvalue weighted by molar-refractivity contribution is -0.123. The highest BCUT2D eigenvalue weighted by Crippen LogP contribution is 2.09. The minimum Gasteiger partial charge on any atom is -0.352 e. The summed E-state index contributed by atoms with van der Waals surface area (Å²) in [4.78, 5) is 12.0. The number of hydrogen-bond acceptors (Lipinski definition) is 3. The van der Waals surface area contributed by atoms with Crippen molar-refractivity contribution in [1.29, 1.82) is 0 Å². The van der Waals surface area contributed by atoms with Gasteiger partial charge in [-0.3, -0.25) is 9.00 Å². The zero-order valence-electron chi connectivity index (χ0n) is 10.9. The largest absolute Gasteiger partial charge is 0.352 e. The van der Waals surface area contributed by atoms with E-state index in [1.807, 2.05) is 30.3 Å². The van der Waals surface area contributed by atoms with Crippen LogP contribution in [0.4, 0.5) is 0 Å². The summed E-state index contributed by atoms with van der Waals surface area (Å²) in [5.74, 6) is 1.25. The monoisotopic (exact) mass is 280 g/mol. The van der Waals surface area contributed by atoms with E-state index < -0.39 is 16.8 Å². The first-order valence-corrected chi connectivity index (χ1v) is 8.09. The van der Waals surface area contributed by atoms with Gasteiger partial charge in [0.05, 0.1) is 6.04 Å². The lowest BCUT2D eigenvalue weighted by atomic mass is 10.1. The molecule has 5 heteroatoms. The summed E-state index contributed by atoms with van der Waals surface area (Å²) in [5.41, 5.74) is 6.99. The quantitative estimate of drug-likeness (QED) is 0.847. The zero-order valence-corrected chi connectivity index (χ0v) is 11.7. The Morgan fingerprint density at radius 1 is 1.32 bits per heavy atom. The molecule has 0 saturated carbocycles. The fourth-order valence-electron chi connectivity index (χ4n) is 2.21. The molecule has 3 N–H and O–H groups in total. The van der Waals surface area contributed by atoms with Gasteiger partial charge in [0.15, 0.2) is 0 Å². The predicted molar refractivity (Wildman–Crippen MR) is 77.2 cm³/mol. The number of nitrogens with two attached hydrogens (primary N) is 1. The Morgan fingerprint density at radius 3 is 2.58 bits per heavy atom.